The highest BCUT2D eigenvalue weighted by Crippen LogP contribution is 2.33. The van der Waals surface area contributed by atoms with Crippen LogP contribution in [0.4, 0.5) is 0 Å². The van der Waals surface area contributed by atoms with Gasteiger partial charge in [-0.15, -0.1) is 10.2 Å². The molecule has 1 aliphatic heterocycles. The van der Waals surface area contributed by atoms with Crippen molar-refractivity contribution >= 4 is 0 Å². The van der Waals surface area contributed by atoms with Crippen LogP contribution in [0.25, 0.3) is 0 Å². The predicted molar refractivity (Wildman–Crippen MR) is 86.9 cm³/mol. The molecule has 0 unspecified atom stereocenters. The van der Waals surface area contributed by atoms with Gasteiger partial charge in [0.2, 0.25) is 0 Å². The molecule has 1 saturated heterocycles. The van der Waals surface area contributed by atoms with Crippen molar-refractivity contribution in [2.24, 2.45) is 7.05 Å². The zero-order valence-corrected chi connectivity index (χ0v) is 14.6. The minimum Gasteiger partial charge on any atom is -0.380 e. The first kappa shape index (κ1) is 16.1. The largest absolute Gasteiger partial charge is 0.380 e. The summed E-state index contributed by atoms with van der Waals surface area (Å²) in [7, 11) is 3.78. The van der Waals surface area contributed by atoms with Crippen LogP contribution >= 0.6 is 0 Å². The number of hydrogen-bond donors (Lipinski definition) is 0. The van der Waals surface area contributed by atoms with E-state index >= 15 is 0 Å². The van der Waals surface area contributed by atoms with Gasteiger partial charge in [-0.1, -0.05) is 0 Å². The molecule has 0 bridgehead atoms. The van der Waals surface area contributed by atoms with E-state index in [0.717, 1.165) is 31.0 Å². The Balaban J connectivity index is 1.83. The van der Waals surface area contributed by atoms with Gasteiger partial charge in [0.25, 0.3) is 0 Å². The molecule has 0 amide bonds. The monoisotopic (exact) mass is 318 g/mol. The summed E-state index contributed by atoms with van der Waals surface area (Å²) in [5.74, 6) is 0.999. The molecule has 23 heavy (non-hydrogen) atoms. The molecule has 126 valence electrons. The van der Waals surface area contributed by atoms with Crippen molar-refractivity contribution in [3.8, 4) is 0 Å². The zero-order valence-electron chi connectivity index (χ0n) is 14.6. The van der Waals surface area contributed by atoms with Crippen LogP contribution in [0.1, 0.15) is 49.4 Å². The maximum absolute atomic E-state index is 5.60. The van der Waals surface area contributed by atoms with Crippen LogP contribution in [0.15, 0.2) is 12.5 Å². The third-order valence-corrected chi connectivity index (χ3v) is 4.66. The molecule has 0 radical (unpaired) electrons. The second-order valence-corrected chi connectivity index (χ2v) is 6.65. The molecule has 2 aromatic heterocycles. The van der Waals surface area contributed by atoms with E-state index < -0.39 is 0 Å². The van der Waals surface area contributed by atoms with Crippen LogP contribution in [0.5, 0.6) is 0 Å². The van der Waals surface area contributed by atoms with Crippen molar-refractivity contribution < 1.29 is 4.74 Å². The molecule has 0 aromatic carbocycles. The number of aromatic nitrogens is 5. The van der Waals surface area contributed by atoms with E-state index in [2.05, 4.69) is 47.2 Å². The van der Waals surface area contributed by atoms with E-state index in [4.69, 9.17) is 4.74 Å². The third kappa shape index (κ3) is 3.16. The van der Waals surface area contributed by atoms with Gasteiger partial charge in [0.05, 0.1) is 17.8 Å². The van der Waals surface area contributed by atoms with E-state index in [1.54, 1.807) is 13.4 Å². The summed E-state index contributed by atoms with van der Waals surface area (Å²) in [6, 6.07) is 0.608. The lowest BCUT2D eigenvalue weighted by molar-refractivity contribution is 0.107. The highest BCUT2D eigenvalue weighted by molar-refractivity contribution is 5.17. The van der Waals surface area contributed by atoms with Gasteiger partial charge >= 0.3 is 0 Å². The number of rotatable bonds is 5. The fourth-order valence-corrected chi connectivity index (χ4v) is 3.23. The summed E-state index contributed by atoms with van der Waals surface area (Å²) in [5.41, 5.74) is 2.36. The molecule has 0 saturated carbocycles. The molecule has 3 heterocycles. The average Bonchev–Trinajstić information content (AvgIpc) is 3.19. The number of likely N-dealkylation sites (tertiary alicyclic amines) is 1. The lowest BCUT2D eigenvalue weighted by atomic mass is 10.1. The van der Waals surface area contributed by atoms with Gasteiger partial charge < -0.3 is 9.30 Å². The molecule has 0 spiro atoms. The Labute approximate surface area is 137 Å². The third-order valence-electron chi connectivity index (χ3n) is 4.66. The molecule has 2 aromatic rings. The normalized spacial score (nSPS) is 22.3. The van der Waals surface area contributed by atoms with Gasteiger partial charge in [-0.3, -0.25) is 9.58 Å². The maximum atomic E-state index is 5.60. The quantitative estimate of drug-likeness (QED) is 0.842. The van der Waals surface area contributed by atoms with Crippen molar-refractivity contribution in [1.29, 1.82) is 0 Å². The Morgan fingerprint density at radius 3 is 2.74 bits per heavy atom. The molecule has 0 aliphatic carbocycles. The van der Waals surface area contributed by atoms with E-state index in [9.17, 15) is 0 Å². The zero-order chi connectivity index (χ0) is 16.6. The van der Waals surface area contributed by atoms with Crippen molar-refractivity contribution in [2.75, 3.05) is 13.7 Å². The molecule has 2 atom stereocenters. The van der Waals surface area contributed by atoms with E-state index in [0.29, 0.717) is 6.04 Å². The first-order chi connectivity index (χ1) is 11.0. The Morgan fingerprint density at radius 2 is 2.17 bits per heavy atom. The Morgan fingerprint density at radius 1 is 1.39 bits per heavy atom. The van der Waals surface area contributed by atoms with Gasteiger partial charge in [0.15, 0.2) is 0 Å². The predicted octanol–water partition coefficient (Wildman–Crippen LogP) is 1.86. The fourth-order valence-electron chi connectivity index (χ4n) is 3.23. The molecule has 0 N–H and O–H groups in total. The number of nitrogens with zero attached hydrogens (tertiary/aromatic N) is 6. The Bertz CT molecular complexity index is 661. The van der Waals surface area contributed by atoms with Crippen molar-refractivity contribution in [3.63, 3.8) is 0 Å². The van der Waals surface area contributed by atoms with Crippen molar-refractivity contribution in [1.82, 2.24) is 29.4 Å². The molecule has 1 aliphatic rings. The second-order valence-electron chi connectivity index (χ2n) is 6.65. The van der Waals surface area contributed by atoms with Crippen LogP contribution in [0.3, 0.4) is 0 Å². The van der Waals surface area contributed by atoms with E-state index in [-0.39, 0.29) is 12.1 Å². The van der Waals surface area contributed by atoms with Gasteiger partial charge in [-0.25, -0.2) is 0 Å². The SMILES string of the molecule is CO[C@@H]1C[C@@H](c2nncn2C)N(Cc2cn(C(C)C)nc2C)C1. The summed E-state index contributed by atoms with van der Waals surface area (Å²) in [6.07, 6.45) is 5.10. The first-order valence-corrected chi connectivity index (χ1v) is 8.15. The molecular formula is C16H26N6O. The van der Waals surface area contributed by atoms with Gasteiger partial charge in [-0.05, 0) is 27.2 Å². The van der Waals surface area contributed by atoms with Crippen LogP contribution in [0.2, 0.25) is 0 Å². The highest BCUT2D eigenvalue weighted by atomic mass is 16.5. The summed E-state index contributed by atoms with van der Waals surface area (Å²) in [5, 5.41) is 13.0. The number of ether oxygens (including phenoxy) is 1. The van der Waals surface area contributed by atoms with E-state index in [1.165, 1.54) is 5.56 Å². The minimum absolute atomic E-state index is 0.231. The summed E-state index contributed by atoms with van der Waals surface area (Å²) < 4.78 is 9.63. The molecule has 3 rings (SSSR count). The van der Waals surface area contributed by atoms with Crippen molar-refractivity contribution in [2.45, 2.75) is 51.9 Å². The number of hydrogen-bond acceptors (Lipinski definition) is 5. The lowest BCUT2D eigenvalue weighted by Crippen LogP contribution is -2.26. The highest BCUT2D eigenvalue weighted by Gasteiger charge is 2.36. The van der Waals surface area contributed by atoms with Gasteiger partial charge in [-0.2, -0.15) is 5.10 Å². The summed E-state index contributed by atoms with van der Waals surface area (Å²) in [6.45, 7) is 8.14. The maximum Gasteiger partial charge on any atom is 0.150 e. The van der Waals surface area contributed by atoms with Crippen LogP contribution in [0, 0.1) is 6.92 Å². The number of methoxy groups -OCH3 is 1. The Hall–Kier alpha value is -1.73. The molecule has 1 fully saturated rings. The lowest BCUT2D eigenvalue weighted by Gasteiger charge is -2.22. The smallest absolute Gasteiger partial charge is 0.150 e. The van der Waals surface area contributed by atoms with E-state index in [1.807, 2.05) is 16.3 Å². The average molecular weight is 318 g/mol. The van der Waals surface area contributed by atoms with Crippen LogP contribution in [-0.4, -0.2) is 49.2 Å². The fraction of sp³-hybridized carbons (Fsp3) is 0.688. The second kappa shape index (κ2) is 6.41. The molecule has 7 heteroatoms. The van der Waals surface area contributed by atoms with Crippen LogP contribution in [-0.2, 0) is 18.3 Å². The summed E-state index contributed by atoms with van der Waals surface area (Å²) in [4.78, 5) is 2.42. The Kier molecular flexibility index (Phi) is 4.50. The molecular weight excluding hydrogens is 292 g/mol. The molecule has 7 nitrogen and oxygen atoms in total. The minimum atomic E-state index is 0.231. The number of aryl methyl sites for hydroxylation is 2. The first-order valence-electron chi connectivity index (χ1n) is 8.15. The van der Waals surface area contributed by atoms with Gasteiger partial charge in [0.1, 0.15) is 12.2 Å². The van der Waals surface area contributed by atoms with Crippen LogP contribution < -0.4 is 0 Å². The standard InChI is InChI=1S/C16H26N6O/c1-11(2)22-8-13(12(3)19-22)7-21-9-14(23-5)6-15(21)16-18-17-10-20(16)4/h8,10-11,14-15H,6-7,9H2,1-5H3/t14-,15+/m1/s1. The van der Waals surface area contributed by atoms with Crippen molar-refractivity contribution in [3.05, 3.63) is 29.6 Å². The summed E-state index contributed by atoms with van der Waals surface area (Å²) >= 11 is 0. The van der Waals surface area contributed by atoms with Gasteiger partial charge in [0, 0.05) is 45.0 Å². The topological polar surface area (TPSA) is 61.0 Å².